The summed E-state index contributed by atoms with van der Waals surface area (Å²) in [4.78, 5) is 25.1. The molecule has 152 valence electrons. The van der Waals surface area contributed by atoms with Crippen LogP contribution in [0.15, 0.2) is 6.20 Å². The standard InChI is InChI=1S/C19H33N5O3/c1-5-17-16(11-20-24(17)8-7-13(3)4)22-19(27)21-14-9-15(10-14)23(6-2)12-18(25)26/h11,13-15H,5-10,12H2,1-4H3,(H,25,26)(H2,21,22,27). The van der Waals surface area contributed by atoms with Crippen molar-refractivity contribution < 1.29 is 14.7 Å². The van der Waals surface area contributed by atoms with Crippen molar-refractivity contribution in [2.45, 2.75) is 72.0 Å². The molecule has 1 aliphatic carbocycles. The van der Waals surface area contributed by atoms with Gasteiger partial charge < -0.3 is 15.7 Å². The number of carboxylic acid groups (broad SMARTS) is 1. The first-order chi connectivity index (χ1) is 12.8. The van der Waals surface area contributed by atoms with Crippen LogP contribution in [0.2, 0.25) is 0 Å². The van der Waals surface area contributed by atoms with Crippen molar-refractivity contribution in [3.8, 4) is 0 Å². The van der Waals surface area contributed by atoms with E-state index >= 15 is 0 Å². The van der Waals surface area contributed by atoms with Crippen LogP contribution in [-0.4, -0.2) is 57.0 Å². The van der Waals surface area contributed by atoms with E-state index in [0.717, 1.165) is 43.6 Å². The largest absolute Gasteiger partial charge is 0.480 e. The number of hydrogen-bond acceptors (Lipinski definition) is 4. The zero-order chi connectivity index (χ0) is 20.0. The Balaban J connectivity index is 1.82. The quantitative estimate of drug-likeness (QED) is 0.580. The number of anilines is 1. The molecule has 0 radical (unpaired) electrons. The normalized spacial score (nSPS) is 19.2. The molecule has 27 heavy (non-hydrogen) atoms. The Kier molecular flexibility index (Phi) is 7.65. The van der Waals surface area contributed by atoms with Gasteiger partial charge in [0.2, 0.25) is 0 Å². The van der Waals surface area contributed by atoms with Crippen LogP contribution in [0.4, 0.5) is 10.5 Å². The summed E-state index contributed by atoms with van der Waals surface area (Å²) in [6.07, 6.45) is 5.13. The summed E-state index contributed by atoms with van der Waals surface area (Å²) in [6.45, 7) is 9.99. The smallest absolute Gasteiger partial charge is 0.319 e. The molecule has 1 aromatic heterocycles. The Bertz CT molecular complexity index is 637. The van der Waals surface area contributed by atoms with Gasteiger partial charge in [0.1, 0.15) is 0 Å². The summed E-state index contributed by atoms with van der Waals surface area (Å²) in [5, 5.41) is 19.3. The lowest BCUT2D eigenvalue weighted by atomic mass is 9.85. The number of nitrogens with one attached hydrogen (secondary N) is 2. The van der Waals surface area contributed by atoms with Crippen LogP contribution >= 0.6 is 0 Å². The van der Waals surface area contributed by atoms with Gasteiger partial charge in [-0.25, -0.2) is 4.79 Å². The number of rotatable bonds is 10. The van der Waals surface area contributed by atoms with E-state index in [1.807, 2.05) is 16.5 Å². The van der Waals surface area contributed by atoms with E-state index < -0.39 is 5.97 Å². The van der Waals surface area contributed by atoms with Crippen molar-refractivity contribution >= 4 is 17.7 Å². The van der Waals surface area contributed by atoms with Crippen LogP contribution in [0, 0.1) is 5.92 Å². The van der Waals surface area contributed by atoms with Gasteiger partial charge in [-0.15, -0.1) is 0 Å². The molecule has 8 nitrogen and oxygen atoms in total. The summed E-state index contributed by atoms with van der Waals surface area (Å²) in [5.41, 5.74) is 1.80. The summed E-state index contributed by atoms with van der Waals surface area (Å²) >= 11 is 0. The Hall–Kier alpha value is -2.09. The summed E-state index contributed by atoms with van der Waals surface area (Å²) in [5.74, 6) is -0.207. The molecule has 3 N–H and O–H groups in total. The predicted octanol–water partition coefficient (Wildman–Crippen LogP) is 2.55. The fraction of sp³-hybridized carbons (Fsp3) is 0.737. The minimum atomic E-state index is -0.812. The van der Waals surface area contributed by atoms with Gasteiger partial charge in [0.05, 0.1) is 24.1 Å². The van der Waals surface area contributed by atoms with E-state index in [0.29, 0.717) is 12.5 Å². The second kappa shape index (κ2) is 9.73. The van der Waals surface area contributed by atoms with Crippen molar-refractivity contribution in [1.29, 1.82) is 0 Å². The molecule has 0 unspecified atom stereocenters. The van der Waals surface area contributed by atoms with E-state index in [1.165, 1.54) is 0 Å². The fourth-order valence-corrected chi connectivity index (χ4v) is 3.48. The molecule has 1 aromatic rings. The van der Waals surface area contributed by atoms with Gasteiger partial charge in [-0.2, -0.15) is 5.10 Å². The molecule has 1 aliphatic rings. The van der Waals surface area contributed by atoms with Crippen molar-refractivity contribution in [2.75, 3.05) is 18.4 Å². The minimum absolute atomic E-state index is 0.0511. The Morgan fingerprint density at radius 2 is 2.07 bits per heavy atom. The SMILES string of the molecule is CCc1c(NC(=O)NC2CC(N(CC)CC(=O)O)C2)cnn1CCC(C)C. The minimum Gasteiger partial charge on any atom is -0.480 e. The third-order valence-electron chi connectivity index (χ3n) is 5.16. The summed E-state index contributed by atoms with van der Waals surface area (Å²) in [6, 6.07) is 0.0816. The molecule has 1 heterocycles. The number of amides is 2. The van der Waals surface area contributed by atoms with E-state index in [1.54, 1.807) is 6.20 Å². The number of carbonyl (C=O) groups excluding carboxylic acids is 1. The fourth-order valence-electron chi connectivity index (χ4n) is 3.48. The molecule has 1 fully saturated rings. The molecule has 8 heteroatoms. The number of aliphatic carboxylic acids is 1. The van der Waals surface area contributed by atoms with Gasteiger partial charge in [0, 0.05) is 18.6 Å². The molecule has 0 spiro atoms. The van der Waals surface area contributed by atoms with E-state index in [-0.39, 0.29) is 24.7 Å². The van der Waals surface area contributed by atoms with Crippen LogP contribution < -0.4 is 10.6 Å². The van der Waals surface area contributed by atoms with Crippen molar-refractivity contribution in [2.24, 2.45) is 5.92 Å². The third-order valence-corrected chi connectivity index (χ3v) is 5.16. The maximum atomic E-state index is 12.3. The Morgan fingerprint density at radius 1 is 1.37 bits per heavy atom. The number of nitrogens with zero attached hydrogens (tertiary/aromatic N) is 3. The number of aryl methyl sites for hydroxylation is 1. The highest BCUT2D eigenvalue weighted by Crippen LogP contribution is 2.26. The van der Waals surface area contributed by atoms with E-state index in [2.05, 4.69) is 36.5 Å². The second-order valence-corrected chi connectivity index (χ2v) is 7.64. The van der Waals surface area contributed by atoms with Crippen molar-refractivity contribution in [3.05, 3.63) is 11.9 Å². The Morgan fingerprint density at radius 3 is 2.63 bits per heavy atom. The molecule has 0 saturated heterocycles. The van der Waals surface area contributed by atoms with Gasteiger partial charge in [-0.3, -0.25) is 14.4 Å². The van der Waals surface area contributed by atoms with E-state index in [4.69, 9.17) is 5.11 Å². The topological polar surface area (TPSA) is 99.5 Å². The molecule has 2 amide bonds. The molecule has 1 saturated carbocycles. The van der Waals surface area contributed by atoms with Crippen LogP contribution in [-0.2, 0) is 17.8 Å². The van der Waals surface area contributed by atoms with Crippen molar-refractivity contribution in [3.63, 3.8) is 0 Å². The number of urea groups is 1. The van der Waals surface area contributed by atoms with Crippen LogP contribution in [0.1, 0.15) is 52.7 Å². The third kappa shape index (κ3) is 5.95. The molecule has 2 rings (SSSR count). The molecular weight excluding hydrogens is 346 g/mol. The number of aromatic nitrogens is 2. The highest BCUT2D eigenvalue weighted by Gasteiger charge is 2.34. The highest BCUT2D eigenvalue weighted by molar-refractivity contribution is 5.90. The van der Waals surface area contributed by atoms with Gasteiger partial charge in [0.25, 0.3) is 0 Å². The van der Waals surface area contributed by atoms with Gasteiger partial charge >= 0.3 is 12.0 Å². The van der Waals surface area contributed by atoms with Crippen LogP contribution in [0.5, 0.6) is 0 Å². The zero-order valence-corrected chi connectivity index (χ0v) is 16.9. The average molecular weight is 380 g/mol. The van der Waals surface area contributed by atoms with E-state index in [9.17, 15) is 9.59 Å². The number of carboxylic acids is 1. The first kappa shape index (κ1) is 21.2. The lowest BCUT2D eigenvalue weighted by molar-refractivity contribution is -0.139. The average Bonchev–Trinajstić information content (AvgIpc) is 2.95. The maximum absolute atomic E-state index is 12.3. The number of likely N-dealkylation sites (N-methyl/N-ethyl adjacent to an activating group) is 1. The maximum Gasteiger partial charge on any atom is 0.319 e. The first-order valence-corrected chi connectivity index (χ1v) is 9.92. The predicted molar refractivity (Wildman–Crippen MR) is 105 cm³/mol. The zero-order valence-electron chi connectivity index (χ0n) is 16.9. The molecular formula is C19H33N5O3. The highest BCUT2D eigenvalue weighted by atomic mass is 16.4. The lowest BCUT2D eigenvalue weighted by Crippen LogP contribution is -2.55. The monoisotopic (exact) mass is 379 g/mol. The van der Waals surface area contributed by atoms with Crippen LogP contribution in [0.3, 0.4) is 0 Å². The van der Waals surface area contributed by atoms with Gasteiger partial charge in [-0.05, 0) is 38.1 Å². The van der Waals surface area contributed by atoms with Gasteiger partial charge in [0.15, 0.2) is 0 Å². The first-order valence-electron chi connectivity index (χ1n) is 9.92. The van der Waals surface area contributed by atoms with Gasteiger partial charge in [-0.1, -0.05) is 27.7 Å². The molecule has 0 aromatic carbocycles. The summed E-state index contributed by atoms with van der Waals surface area (Å²) < 4.78 is 1.97. The number of carbonyl (C=O) groups is 2. The molecule has 0 atom stereocenters. The lowest BCUT2D eigenvalue weighted by Gasteiger charge is -2.42. The second-order valence-electron chi connectivity index (χ2n) is 7.64. The molecule has 0 aliphatic heterocycles. The molecule has 0 bridgehead atoms. The Labute approximate surface area is 161 Å². The summed E-state index contributed by atoms with van der Waals surface area (Å²) in [7, 11) is 0. The van der Waals surface area contributed by atoms with Crippen LogP contribution in [0.25, 0.3) is 0 Å². The van der Waals surface area contributed by atoms with Crippen molar-refractivity contribution in [1.82, 2.24) is 20.0 Å². The number of hydrogen-bond donors (Lipinski definition) is 3.